The van der Waals surface area contributed by atoms with E-state index in [2.05, 4.69) is 15.9 Å². The maximum Gasteiger partial charge on any atom is 0.418 e. The number of benzene rings is 2. The molecule has 1 unspecified atom stereocenters. The third kappa shape index (κ3) is 4.68. The Labute approximate surface area is 182 Å². The second kappa shape index (κ2) is 8.27. The van der Waals surface area contributed by atoms with Crippen molar-refractivity contribution in [2.75, 3.05) is 0 Å². The molecule has 0 bridgehead atoms. The Morgan fingerprint density at radius 1 is 0.967 bits per heavy atom. The molecule has 2 aromatic carbocycles. The largest absolute Gasteiger partial charge is 0.457 e. The van der Waals surface area contributed by atoms with Crippen molar-refractivity contribution in [2.24, 2.45) is 4.74 Å². The van der Waals surface area contributed by atoms with Crippen LogP contribution < -0.4 is 10.0 Å². The first-order chi connectivity index (χ1) is 13.9. The van der Waals surface area contributed by atoms with Crippen LogP contribution in [0.2, 0.25) is 0 Å². The van der Waals surface area contributed by atoms with E-state index in [1.807, 2.05) is 26.8 Å². The number of nitrogens with zero attached hydrogens (tertiary/aromatic N) is 1. The topological polar surface area (TPSA) is 34.7 Å². The van der Waals surface area contributed by atoms with Crippen LogP contribution in [0.15, 0.2) is 74.3 Å². The van der Waals surface area contributed by atoms with Gasteiger partial charge in [0.15, 0.2) is 5.50 Å². The van der Waals surface area contributed by atoms with Gasteiger partial charge in [0.05, 0.1) is 11.3 Å². The van der Waals surface area contributed by atoms with E-state index in [1.165, 1.54) is 18.2 Å². The zero-order valence-corrected chi connectivity index (χ0v) is 19.5. The van der Waals surface area contributed by atoms with Crippen LogP contribution in [0, 0.1) is 6.92 Å². The van der Waals surface area contributed by atoms with Gasteiger partial charge in [-0.05, 0) is 49.4 Å². The minimum Gasteiger partial charge on any atom is -0.457 e. The Morgan fingerprint density at radius 3 is 2.23 bits per heavy atom. The molecule has 0 aliphatic heterocycles. The predicted octanol–water partition coefficient (Wildman–Crippen LogP) is 8.32. The van der Waals surface area contributed by atoms with E-state index in [1.54, 1.807) is 37.3 Å². The molecule has 0 aliphatic rings. The van der Waals surface area contributed by atoms with Crippen LogP contribution in [0.3, 0.4) is 0 Å². The first-order valence-electron chi connectivity index (χ1n) is 9.23. The summed E-state index contributed by atoms with van der Waals surface area (Å²) in [5.74, 6) is 1.13. The molecular formula is C22H22BrF3NO2P. The highest BCUT2D eigenvalue weighted by molar-refractivity contribution is 9.10. The van der Waals surface area contributed by atoms with E-state index >= 15 is 0 Å². The second-order valence-electron chi connectivity index (χ2n) is 7.79. The van der Waals surface area contributed by atoms with Crippen molar-refractivity contribution in [2.45, 2.75) is 39.0 Å². The van der Waals surface area contributed by atoms with E-state index in [4.69, 9.17) is 13.7 Å². The van der Waals surface area contributed by atoms with Crippen molar-refractivity contribution in [1.29, 1.82) is 0 Å². The highest BCUT2D eigenvalue weighted by atomic mass is 79.9. The number of aryl methyl sites for hydroxylation is 1. The molecule has 0 spiro atoms. The molecule has 3 rings (SSSR count). The van der Waals surface area contributed by atoms with Crippen LogP contribution in [0.25, 0.3) is 0 Å². The molecule has 0 fully saturated rings. The molecule has 0 N–H and O–H groups in total. The lowest BCUT2D eigenvalue weighted by atomic mass is 10.2. The van der Waals surface area contributed by atoms with Gasteiger partial charge < -0.3 is 8.94 Å². The molecular weight excluding hydrogens is 478 g/mol. The molecule has 0 saturated carbocycles. The molecule has 0 aliphatic carbocycles. The van der Waals surface area contributed by atoms with Crippen LogP contribution in [0.1, 0.15) is 32.1 Å². The van der Waals surface area contributed by atoms with Crippen LogP contribution in [-0.2, 0) is 6.18 Å². The summed E-state index contributed by atoms with van der Waals surface area (Å²) in [5, 5.41) is -0.654. The predicted molar refractivity (Wildman–Crippen MR) is 118 cm³/mol. The molecule has 30 heavy (non-hydrogen) atoms. The molecule has 1 atom stereocenters. The van der Waals surface area contributed by atoms with Crippen molar-refractivity contribution >= 4 is 34.4 Å². The standard InChI is InChI=1S/C22H22BrF3NO2P/c1-15-12-13-20(28-15)30(21(2,3)4,29-17-9-7-8-16(23)14-17)27-19-11-6-5-10-18(19)22(24,25)26/h5-14H,1-4H3. The minimum absolute atomic E-state index is 0.169. The molecule has 0 saturated heterocycles. The van der Waals surface area contributed by atoms with Gasteiger partial charge in [-0.2, -0.15) is 13.2 Å². The van der Waals surface area contributed by atoms with Gasteiger partial charge in [0, 0.05) is 9.63 Å². The van der Waals surface area contributed by atoms with Gasteiger partial charge in [-0.1, -0.05) is 54.9 Å². The number of halogens is 4. The number of furan rings is 1. The van der Waals surface area contributed by atoms with Gasteiger partial charge in [0.1, 0.15) is 11.5 Å². The number of hydrogen-bond donors (Lipinski definition) is 0. The Hall–Kier alpha value is -1.98. The molecule has 3 nitrogen and oxygen atoms in total. The fraction of sp³-hybridized carbons (Fsp3) is 0.273. The van der Waals surface area contributed by atoms with Gasteiger partial charge >= 0.3 is 6.18 Å². The highest BCUT2D eigenvalue weighted by Crippen LogP contribution is 2.62. The lowest BCUT2D eigenvalue weighted by Crippen LogP contribution is -2.26. The Morgan fingerprint density at radius 2 is 1.67 bits per heavy atom. The summed E-state index contributed by atoms with van der Waals surface area (Å²) in [6.07, 6.45) is -4.54. The van der Waals surface area contributed by atoms with Gasteiger partial charge in [-0.25, -0.2) is 4.74 Å². The zero-order chi connectivity index (χ0) is 22.2. The summed E-state index contributed by atoms with van der Waals surface area (Å²) in [6.45, 7) is 7.48. The average Bonchev–Trinajstić information content (AvgIpc) is 3.06. The van der Waals surface area contributed by atoms with Gasteiger partial charge in [0.25, 0.3) is 0 Å². The molecule has 160 valence electrons. The SMILES string of the molecule is Cc1ccc(P(=Nc2ccccc2C(F)(F)F)(Oc2cccc(Br)c2)C(C)(C)C)o1. The summed E-state index contributed by atoms with van der Waals surface area (Å²) in [6, 6.07) is 16.0. The fourth-order valence-electron chi connectivity index (χ4n) is 2.95. The third-order valence-electron chi connectivity index (χ3n) is 4.43. The average molecular weight is 500 g/mol. The van der Waals surface area contributed by atoms with Gasteiger partial charge in [0.2, 0.25) is 7.28 Å². The van der Waals surface area contributed by atoms with Gasteiger partial charge in [-0.15, -0.1) is 0 Å². The monoisotopic (exact) mass is 499 g/mol. The molecule has 0 radical (unpaired) electrons. The Balaban J connectivity index is 2.36. The van der Waals surface area contributed by atoms with Crippen LogP contribution in [0.4, 0.5) is 18.9 Å². The number of alkyl halides is 3. The van der Waals surface area contributed by atoms with Crippen LogP contribution in [0.5, 0.6) is 5.75 Å². The minimum atomic E-state index is -4.54. The van der Waals surface area contributed by atoms with E-state index in [0.717, 1.165) is 10.5 Å². The maximum absolute atomic E-state index is 13.7. The summed E-state index contributed by atoms with van der Waals surface area (Å²) in [4.78, 5) is 0. The third-order valence-corrected chi connectivity index (χ3v) is 8.55. The van der Waals surface area contributed by atoms with Crippen molar-refractivity contribution in [1.82, 2.24) is 0 Å². The maximum atomic E-state index is 13.7. The Bertz CT molecular complexity index is 1100. The summed E-state index contributed by atoms with van der Waals surface area (Å²) >= 11 is 3.41. The fourth-order valence-corrected chi connectivity index (χ4v) is 6.23. The summed E-state index contributed by atoms with van der Waals surface area (Å²) in [7, 11) is -3.13. The smallest absolute Gasteiger partial charge is 0.418 e. The van der Waals surface area contributed by atoms with E-state index < -0.39 is 24.2 Å². The highest BCUT2D eigenvalue weighted by Gasteiger charge is 2.43. The lowest BCUT2D eigenvalue weighted by Gasteiger charge is -2.35. The summed E-state index contributed by atoms with van der Waals surface area (Å²) in [5.41, 5.74) is -0.540. The first kappa shape index (κ1) is 22.7. The van der Waals surface area contributed by atoms with Crippen molar-refractivity contribution in [3.8, 4) is 5.75 Å². The van der Waals surface area contributed by atoms with E-state index in [0.29, 0.717) is 17.0 Å². The second-order valence-corrected chi connectivity index (χ2v) is 12.0. The Kier molecular flexibility index (Phi) is 6.26. The zero-order valence-electron chi connectivity index (χ0n) is 17.0. The normalized spacial score (nSPS) is 14.3. The van der Waals surface area contributed by atoms with E-state index in [-0.39, 0.29) is 5.69 Å². The van der Waals surface area contributed by atoms with Crippen LogP contribution in [-0.4, -0.2) is 5.16 Å². The van der Waals surface area contributed by atoms with Crippen molar-refractivity contribution in [3.63, 3.8) is 0 Å². The molecule has 1 aromatic heterocycles. The molecule has 8 heteroatoms. The van der Waals surface area contributed by atoms with E-state index in [9.17, 15) is 13.2 Å². The quantitative estimate of drug-likeness (QED) is 0.338. The number of rotatable bonds is 4. The van der Waals surface area contributed by atoms with Crippen LogP contribution >= 0.6 is 23.2 Å². The molecule has 3 aromatic rings. The number of hydrogen-bond acceptors (Lipinski definition) is 3. The molecule has 0 amide bonds. The summed E-state index contributed by atoms with van der Waals surface area (Å²) < 4.78 is 58.9. The van der Waals surface area contributed by atoms with Crippen molar-refractivity contribution < 1.29 is 22.1 Å². The first-order valence-corrected chi connectivity index (χ1v) is 11.7. The van der Waals surface area contributed by atoms with Crippen molar-refractivity contribution in [3.05, 3.63) is 76.5 Å². The molecule has 1 heterocycles. The lowest BCUT2D eigenvalue weighted by molar-refractivity contribution is -0.137. The van der Waals surface area contributed by atoms with Gasteiger partial charge in [-0.3, -0.25) is 0 Å².